The minimum absolute atomic E-state index is 0.0356. The first kappa shape index (κ1) is 17.9. The number of rotatable bonds is 8. The molecule has 0 spiro atoms. The number of esters is 1. The number of hydrogen-bond acceptors (Lipinski definition) is 5. The van der Waals surface area contributed by atoms with E-state index in [0.717, 1.165) is 25.7 Å². The van der Waals surface area contributed by atoms with Gasteiger partial charge in [-0.2, -0.15) is 0 Å². The Bertz CT molecular complexity index is 341. The Balaban J connectivity index is 2.58. The van der Waals surface area contributed by atoms with Crippen LogP contribution in [0.2, 0.25) is 0 Å². The van der Waals surface area contributed by atoms with Crippen molar-refractivity contribution < 1.29 is 19.1 Å². The van der Waals surface area contributed by atoms with Gasteiger partial charge in [0.1, 0.15) is 6.54 Å². The van der Waals surface area contributed by atoms with E-state index in [-0.39, 0.29) is 18.9 Å². The Morgan fingerprint density at radius 1 is 1.24 bits per heavy atom. The summed E-state index contributed by atoms with van der Waals surface area (Å²) in [6.07, 6.45) is 5.35. The molecule has 1 saturated carbocycles. The molecule has 1 aliphatic rings. The number of nitrogens with two attached hydrogens (primary N) is 1. The third-order valence-electron chi connectivity index (χ3n) is 3.90. The first-order valence-electron chi connectivity index (χ1n) is 7.72. The summed E-state index contributed by atoms with van der Waals surface area (Å²) in [5, 5.41) is 0. The van der Waals surface area contributed by atoms with Crippen LogP contribution in [0.25, 0.3) is 0 Å². The summed E-state index contributed by atoms with van der Waals surface area (Å²) in [4.78, 5) is 25.5. The van der Waals surface area contributed by atoms with Gasteiger partial charge in [-0.05, 0) is 19.8 Å². The molecule has 0 aromatic heterocycles. The maximum absolute atomic E-state index is 12.4. The zero-order valence-corrected chi connectivity index (χ0v) is 13.2. The summed E-state index contributed by atoms with van der Waals surface area (Å²) < 4.78 is 9.91. The monoisotopic (exact) mass is 300 g/mol. The SMILES string of the molecule is CCOC(=O)CN(CCOC)C(=O)CC1(N)CCCCC1. The molecule has 122 valence electrons. The largest absolute Gasteiger partial charge is 0.465 e. The molecule has 0 aromatic rings. The molecule has 0 saturated heterocycles. The van der Waals surface area contributed by atoms with Gasteiger partial charge in [0.05, 0.1) is 13.2 Å². The Hall–Kier alpha value is -1.14. The second-order valence-electron chi connectivity index (χ2n) is 5.71. The smallest absolute Gasteiger partial charge is 0.325 e. The van der Waals surface area contributed by atoms with Crippen LogP contribution >= 0.6 is 0 Å². The zero-order valence-electron chi connectivity index (χ0n) is 13.2. The lowest BCUT2D eigenvalue weighted by molar-refractivity contribution is -0.149. The van der Waals surface area contributed by atoms with Crippen LogP contribution in [0.3, 0.4) is 0 Å². The lowest BCUT2D eigenvalue weighted by Crippen LogP contribution is -2.48. The highest BCUT2D eigenvalue weighted by molar-refractivity contribution is 5.82. The molecular formula is C15H28N2O4. The first-order valence-corrected chi connectivity index (χ1v) is 7.72. The molecule has 0 heterocycles. The predicted octanol–water partition coefficient (Wildman–Crippen LogP) is 1.08. The summed E-state index contributed by atoms with van der Waals surface area (Å²) in [5.41, 5.74) is 5.90. The summed E-state index contributed by atoms with van der Waals surface area (Å²) in [6.45, 7) is 2.79. The van der Waals surface area contributed by atoms with E-state index in [1.807, 2.05) is 0 Å². The number of amides is 1. The summed E-state index contributed by atoms with van der Waals surface area (Å²) in [7, 11) is 1.57. The Labute approximate surface area is 126 Å². The van der Waals surface area contributed by atoms with Crippen molar-refractivity contribution in [3.05, 3.63) is 0 Å². The van der Waals surface area contributed by atoms with Gasteiger partial charge in [-0.15, -0.1) is 0 Å². The standard InChI is InChI=1S/C15H28N2O4/c1-3-21-14(19)12-17(9-10-20-2)13(18)11-15(16)7-5-4-6-8-15/h3-12,16H2,1-2H3. The molecule has 21 heavy (non-hydrogen) atoms. The van der Waals surface area contributed by atoms with Gasteiger partial charge in [0.25, 0.3) is 0 Å². The van der Waals surface area contributed by atoms with Crippen LogP contribution in [-0.4, -0.2) is 55.7 Å². The van der Waals surface area contributed by atoms with Gasteiger partial charge in [-0.3, -0.25) is 9.59 Å². The van der Waals surface area contributed by atoms with Crippen molar-refractivity contribution in [3.8, 4) is 0 Å². The number of carbonyl (C=O) groups is 2. The highest BCUT2D eigenvalue weighted by atomic mass is 16.5. The first-order chi connectivity index (χ1) is 10.0. The fourth-order valence-electron chi connectivity index (χ4n) is 2.70. The van der Waals surface area contributed by atoms with E-state index in [2.05, 4.69) is 0 Å². The normalized spacial score (nSPS) is 17.3. The van der Waals surface area contributed by atoms with E-state index in [1.54, 1.807) is 14.0 Å². The van der Waals surface area contributed by atoms with Gasteiger partial charge >= 0.3 is 5.97 Å². The fourth-order valence-corrected chi connectivity index (χ4v) is 2.70. The average Bonchev–Trinajstić information content (AvgIpc) is 2.43. The van der Waals surface area contributed by atoms with Gasteiger partial charge in [-0.1, -0.05) is 19.3 Å². The number of nitrogens with zero attached hydrogens (tertiary/aromatic N) is 1. The number of carbonyl (C=O) groups excluding carboxylic acids is 2. The maximum atomic E-state index is 12.4. The average molecular weight is 300 g/mol. The van der Waals surface area contributed by atoms with E-state index >= 15 is 0 Å². The zero-order chi connectivity index (χ0) is 15.7. The lowest BCUT2D eigenvalue weighted by atomic mass is 9.80. The van der Waals surface area contributed by atoms with E-state index in [0.29, 0.717) is 19.8 Å². The quantitative estimate of drug-likeness (QED) is 0.678. The van der Waals surface area contributed by atoms with E-state index in [1.165, 1.54) is 11.3 Å². The minimum Gasteiger partial charge on any atom is -0.465 e. The van der Waals surface area contributed by atoms with Crippen LogP contribution < -0.4 is 5.73 Å². The topological polar surface area (TPSA) is 81.9 Å². The fraction of sp³-hybridized carbons (Fsp3) is 0.867. The molecule has 0 aliphatic heterocycles. The van der Waals surface area contributed by atoms with Crippen molar-refractivity contribution in [1.82, 2.24) is 4.90 Å². The van der Waals surface area contributed by atoms with Gasteiger partial charge in [-0.25, -0.2) is 0 Å². The summed E-state index contributed by atoms with van der Waals surface area (Å²) in [5.74, 6) is -0.485. The van der Waals surface area contributed by atoms with Crippen LogP contribution in [0.1, 0.15) is 45.4 Å². The third kappa shape index (κ3) is 6.44. The third-order valence-corrected chi connectivity index (χ3v) is 3.90. The lowest BCUT2D eigenvalue weighted by Gasteiger charge is -2.34. The van der Waals surface area contributed by atoms with Crippen molar-refractivity contribution in [2.45, 2.75) is 51.0 Å². The molecule has 0 unspecified atom stereocenters. The highest BCUT2D eigenvalue weighted by Gasteiger charge is 2.32. The van der Waals surface area contributed by atoms with Gasteiger partial charge in [0.15, 0.2) is 0 Å². The number of hydrogen-bond donors (Lipinski definition) is 1. The van der Waals surface area contributed by atoms with Gasteiger partial charge in [0, 0.05) is 25.6 Å². The van der Waals surface area contributed by atoms with Crippen LogP contribution in [0, 0.1) is 0 Å². The molecule has 0 bridgehead atoms. The van der Waals surface area contributed by atoms with Crippen molar-refractivity contribution >= 4 is 11.9 Å². The Morgan fingerprint density at radius 3 is 2.48 bits per heavy atom. The molecule has 1 fully saturated rings. The molecular weight excluding hydrogens is 272 g/mol. The van der Waals surface area contributed by atoms with Crippen LogP contribution in [0.4, 0.5) is 0 Å². The Kier molecular flexibility index (Phi) is 7.67. The molecule has 0 aromatic carbocycles. The summed E-state index contributed by atoms with van der Waals surface area (Å²) in [6, 6.07) is 0. The Morgan fingerprint density at radius 2 is 1.90 bits per heavy atom. The molecule has 1 rings (SSSR count). The predicted molar refractivity (Wildman–Crippen MR) is 79.7 cm³/mol. The van der Waals surface area contributed by atoms with Crippen molar-refractivity contribution in [3.63, 3.8) is 0 Å². The molecule has 0 atom stereocenters. The molecule has 2 N–H and O–H groups in total. The molecule has 1 aliphatic carbocycles. The summed E-state index contributed by atoms with van der Waals surface area (Å²) >= 11 is 0. The van der Waals surface area contributed by atoms with Crippen molar-refractivity contribution in [2.24, 2.45) is 5.73 Å². The molecule has 6 nitrogen and oxygen atoms in total. The molecule has 0 radical (unpaired) electrons. The maximum Gasteiger partial charge on any atom is 0.325 e. The second-order valence-corrected chi connectivity index (χ2v) is 5.71. The number of ether oxygens (including phenoxy) is 2. The molecule has 6 heteroatoms. The second kappa shape index (κ2) is 9.00. The van der Waals surface area contributed by atoms with Crippen molar-refractivity contribution in [2.75, 3.05) is 33.4 Å². The van der Waals surface area contributed by atoms with Crippen LogP contribution in [-0.2, 0) is 19.1 Å². The van der Waals surface area contributed by atoms with Gasteiger partial charge in [0.2, 0.25) is 5.91 Å². The van der Waals surface area contributed by atoms with E-state index in [4.69, 9.17) is 15.2 Å². The molecule has 1 amide bonds. The number of methoxy groups -OCH3 is 1. The minimum atomic E-state index is -0.421. The van der Waals surface area contributed by atoms with Gasteiger partial charge < -0.3 is 20.1 Å². The van der Waals surface area contributed by atoms with E-state index < -0.39 is 11.5 Å². The van der Waals surface area contributed by atoms with E-state index in [9.17, 15) is 9.59 Å². The van der Waals surface area contributed by atoms with Crippen LogP contribution in [0.15, 0.2) is 0 Å². The highest BCUT2D eigenvalue weighted by Crippen LogP contribution is 2.29. The van der Waals surface area contributed by atoms with Crippen molar-refractivity contribution in [1.29, 1.82) is 0 Å². The van der Waals surface area contributed by atoms with Crippen LogP contribution in [0.5, 0.6) is 0 Å².